The maximum Gasteiger partial charge on any atom is 0.326 e. The summed E-state index contributed by atoms with van der Waals surface area (Å²) in [5.74, 6) is -2.33. The first-order chi connectivity index (χ1) is 16.8. The number of carboxylic acid groups (broad SMARTS) is 1. The number of benzene rings is 1. The van der Waals surface area contributed by atoms with Gasteiger partial charge in [-0.3, -0.25) is 14.4 Å². The number of carboxylic acids is 1. The highest BCUT2D eigenvalue weighted by Gasteiger charge is 2.31. The average molecular weight is 505 g/mol. The number of rotatable bonds is 15. The molecule has 0 fully saturated rings. The molecule has 0 saturated carbocycles. The molecule has 0 aromatic heterocycles. The van der Waals surface area contributed by atoms with Crippen LogP contribution in [0.4, 0.5) is 0 Å². The zero-order chi connectivity index (χ0) is 27.4. The molecule has 1 aromatic carbocycles. The van der Waals surface area contributed by atoms with E-state index in [2.05, 4.69) is 16.0 Å². The number of hydrogen-bond donors (Lipinski definition) is 5. The molecular formula is C27H44N4O5. The lowest BCUT2D eigenvalue weighted by Crippen LogP contribution is -2.58. The highest BCUT2D eigenvalue weighted by Crippen LogP contribution is 2.11. The SMILES string of the molecule is CC(C)CC(N)C(=O)NC(Cc1ccccc1)C(=O)NC(CC(C)C)C(=O)NC(CC(C)C)C(=O)O. The predicted octanol–water partition coefficient (Wildman–Crippen LogP) is 2.23. The molecule has 0 aliphatic heterocycles. The second-order valence-corrected chi connectivity index (χ2v) is 10.7. The van der Waals surface area contributed by atoms with Gasteiger partial charge in [-0.05, 0) is 42.6 Å². The molecule has 0 saturated heterocycles. The number of amides is 3. The molecule has 3 amide bonds. The van der Waals surface area contributed by atoms with Gasteiger partial charge >= 0.3 is 5.97 Å². The quantitative estimate of drug-likeness (QED) is 0.247. The zero-order valence-electron chi connectivity index (χ0n) is 22.4. The van der Waals surface area contributed by atoms with Gasteiger partial charge in [-0.1, -0.05) is 71.9 Å². The number of hydrogen-bond acceptors (Lipinski definition) is 5. The summed E-state index contributed by atoms with van der Waals surface area (Å²) in [6, 6.07) is 5.51. The van der Waals surface area contributed by atoms with E-state index in [1.54, 1.807) is 0 Å². The van der Waals surface area contributed by atoms with Gasteiger partial charge in [-0.15, -0.1) is 0 Å². The maximum absolute atomic E-state index is 13.4. The minimum atomic E-state index is -1.12. The summed E-state index contributed by atoms with van der Waals surface area (Å²) in [5.41, 5.74) is 6.87. The molecule has 202 valence electrons. The summed E-state index contributed by atoms with van der Waals surface area (Å²) in [4.78, 5) is 50.8. The third kappa shape index (κ3) is 11.7. The van der Waals surface area contributed by atoms with Crippen LogP contribution in [0.5, 0.6) is 0 Å². The van der Waals surface area contributed by atoms with Crippen molar-refractivity contribution in [1.82, 2.24) is 16.0 Å². The Morgan fingerprint density at radius 2 is 1.14 bits per heavy atom. The molecule has 9 heteroatoms. The topological polar surface area (TPSA) is 151 Å². The number of carbonyl (C=O) groups is 4. The molecule has 0 aliphatic rings. The summed E-state index contributed by atoms with van der Waals surface area (Å²) in [5, 5.41) is 17.6. The maximum atomic E-state index is 13.4. The van der Waals surface area contributed by atoms with Crippen molar-refractivity contribution in [2.24, 2.45) is 23.5 Å². The predicted molar refractivity (Wildman–Crippen MR) is 140 cm³/mol. The second kappa shape index (κ2) is 15.2. The van der Waals surface area contributed by atoms with Crippen molar-refractivity contribution < 1.29 is 24.3 Å². The fourth-order valence-corrected chi connectivity index (χ4v) is 3.89. The van der Waals surface area contributed by atoms with Crippen LogP contribution in [-0.4, -0.2) is 53.0 Å². The molecule has 9 nitrogen and oxygen atoms in total. The van der Waals surface area contributed by atoms with E-state index in [4.69, 9.17) is 5.73 Å². The Hall–Kier alpha value is -2.94. The molecule has 4 atom stereocenters. The van der Waals surface area contributed by atoms with E-state index in [-0.39, 0.29) is 30.6 Å². The van der Waals surface area contributed by atoms with Gasteiger partial charge in [-0.2, -0.15) is 0 Å². The Morgan fingerprint density at radius 3 is 1.64 bits per heavy atom. The minimum absolute atomic E-state index is 0.0519. The molecule has 4 unspecified atom stereocenters. The fourth-order valence-electron chi connectivity index (χ4n) is 3.89. The van der Waals surface area contributed by atoms with E-state index >= 15 is 0 Å². The lowest BCUT2D eigenvalue weighted by atomic mass is 9.99. The van der Waals surface area contributed by atoms with Gasteiger partial charge in [-0.25, -0.2) is 4.79 Å². The Morgan fingerprint density at radius 1 is 0.694 bits per heavy atom. The molecule has 1 aromatic rings. The largest absolute Gasteiger partial charge is 0.480 e. The minimum Gasteiger partial charge on any atom is -0.480 e. The monoisotopic (exact) mass is 504 g/mol. The number of carbonyl (C=O) groups excluding carboxylic acids is 3. The molecule has 1 rings (SSSR count). The molecular weight excluding hydrogens is 460 g/mol. The van der Waals surface area contributed by atoms with Gasteiger partial charge in [0.1, 0.15) is 18.1 Å². The van der Waals surface area contributed by atoms with Crippen LogP contribution in [0.25, 0.3) is 0 Å². The third-order valence-corrected chi connectivity index (χ3v) is 5.64. The summed E-state index contributed by atoms with van der Waals surface area (Å²) < 4.78 is 0. The Kier molecular flexibility index (Phi) is 13.2. The van der Waals surface area contributed by atoms with Crippen LogP contribution in [0.15, 0.2) is 30.3 Å². The number of aliphatic carboxylic acids is 1. The summed E-state index contributed by atoms with van der Waals surface area (Å²) in [7, 11) is 0. The van der Waals surface area contributed by atoms with Crippen molar-refractivity contribution in [2.75, 3.05) is 0 Å². The van der Waals surface area contributed by atoms with E-state index in [0.717, 1.165) is 5.56 Å². The molecule has 0 heterocycles. The van der Waals surface area contributed by atoms with Crippen LogP contribution >= 0.6 is 0 Å². The van der Waals surface area contributed by atoms with Crippen molar-refractivity contribution in [2.45, 2.75) is 91.4 Å². The van der Waals surface area contributed by atoms with E-state index in [0.29, 0.717) is 12.8 Å². The van der Waals surface area contributed by atoms with Crippen LogP contribution in [-0.2, 0) is 25.6 Å². The first kappa shape index (κ1) is 31.1. The molecule has 0 bridgehead atoms. The molecule has 0 aliphatic carbocycles. The summed E-state index contributed by atoms with van der Waals surface area (Å²) >= 11 is 0. The van der Waals surface area contributed by atoms with Gasteiger partial charge < -0.3 is 26.8 Å². The van der Waals surface area contributed by atoms with Gasteiger partial charge in [0, 0.05) is 6.42 Å². The smallest absolute Gasteiger partial charge is 0.326 e. The Bertz CT molecular complexity index is 857. The summed E-state index contributed by atoms with van der Waals surface area (Å²) in [6.07, 6.45) is 1.26. The van der Waals surface area contributed by atoms with E-state index in [9.17, 15) is 24.3 Å². The van der Waals surface area contributed by atoms with Gasteiger partial charge in [0.2, 0.25) is 17.7 Å². The van der Waals surface area contributed by atoms with Crippen molar-refractivity contribution >= 4 is 23.7 Å². The molecule has 6 N–H and O–H groups in total. The van der Waals surface area contributed by atoms with Crippen LogP contribution in [0.1, 0.15) is 66.4 Å². The molecule has 36 heavy (non-hydrogen) atoms. The number of nitrogens with one attached hydrogen (secondary N) is 3. The van der Waals surface area contributed by atoms with Gasteiger partial charge in [0.25, 0.3) is 0 Å². The second-order valence-electron chi connectivity index (χ2n) is 10.7. The van der Waals surface area contributed by atoms with Crippen LogP contribution < -0.4 is 21.7 Å². The van der Waals surface area contributed by atoms with Crippen LogP contribution in [0.2, 0.25) is 0 Å². The van der Waals surface area contributed by atoms with Crippen molar-refractivity contribution in [1.29, 1.82) is 0 Å². The van der Waals surface area contributed by atoms with Gasteiger partial charge in [0.05, 0.1) is 6.04 Å². The average Bonchev–Trinajstić information content (AvgIpc) is 2.77. The van der Waals surface area contributed by atoms with Crippen LogP contribution in [0, 0.1) is 17.8 Å². The van der Waals surface area contributed by atoms with E-state index in [1.807, 2.05) is 71.9 Å². The molecule has 0 spiro atoms. The van der Waals surface area contributed by atoms with Crippen molar-refractivity contribution in [3.8, 4) is 0 Å². The zero-order valence-corrected chi connectivity index (χ0v) is 22.4. The lowest BCUT2D eigenvalue weighted by Gasteiger charge is -2.26. The van der Waals surface area contributed by atoms with Gasteiger partial charge in [0.15, 0.2) is 0 Å². The standard InChI is InChI=1S/C27H44N4O5/c1-16(2)12-20(28)24(32)29-22(15-19-10-8-7-9-11-19)26(34)30-21(13-17(3)4)25(33)31-23(27(35)36)14-18(5)6/h7-11,16-18,20-23H,12-15,28H2,1-6H3,(H,29,32)(H,30,34)(H,31,33)(H,35,36). The van der Waals surface area contributed by atoms with E-state index < -0.39 is 47.9 Å². The molecule has 0 radical (unpaired) electrons. The first-order valence-corrected chi connectivity index (χ1v) is 12.7. The Labute approximate surface area is 215 Å². The normalized spacial score (nSPS) is 14.7. The lowest BCUT2D eigenvalue weighted by molar-refractivity contribution is -0.143. The Balaban J connectivity index is 3.10. The van der Waals surface area contributed by atoms with Crippen molar-refractivity contribution in [3.63, 3.8) is 0 Å². The fraction of sp³-hybridized carbons (Fsp3) is 0.630. The number of nitrogens with two attached hydrogens (primary N) is 1. The van der Waals surface area contributed by atoms with Crippen molar-refractivity contribution in [3.05, 3.63) is 35.9 Å². The highest BCUT2D eigenvalue weighted by molar-refractivity contribution is 5.94. The van der Waals surface area contributed by atoms with E-state index in [1.165, 1.54) is 0 Å². The highest BCUT2D eigenvalue weighted by atomic mass is 16.4. The third-order valence-electron chi connectivity index (χ3n) is 5.64. The first-order valence-electron chi connectivity index (χ1n) is 12.7. The summed E-state index contributed by atoms with van der Waals surface area (Å²) in [6.45, 7) is 11.5. The van der Waals surface area contributed by atoms with Crippen LogP contribution in [0.3, 0.4) is 0 Å².